The summed E-state index contributed by atoms with van der Waals surface area (Å²) in [5.74, 6) is -0.390. The van der Waals surface area contributed by atoms with Crippen molar-refractivity contribution in [1.29, 1.82) is 0 Å². The Balaban J connectivity index is 1.48. The number of amides is 2. The Morgan fingerprint density at radius 3 is 2.56 bits per heavy atom. The topological polar surface area (TPSA) is 148 Å². The van der Waals surface area contributed by atoms with Gasteiger partial charge in [0.2, 0.25) is 11.8 Å². The van der Waals surface area contributed by atoms with E-state index in [2.05, 4.69) is 15.3 Å². The van der Waals surface area contributed by atoms with Crippen LogP contribution >= 0.6 is 23.2 Å². The Morgan fingerprint density at radius 1 is 1.18 bits per heavy atom. The van der Waals surface area contributed by atoms with Gasteiger partial charge < -0.3 is 16.0 Å². The maximum Gasteiger partial charge on any atom is 0.272 e. The first-order valence-corrected chi connectivity index (χ1v) is 10.9. The van der Waals surface area contributed by atoms with Crippen LogP contribution in [0.2, 0.25) is 10.0 Å². The molecule has 2 aromatic carbocycles. The zero-order chi connectivity index (χ0) is 24.4. The summed E-state index contributed by atoms with van der Waals surface area (Å²) < 4.78 is 0. The second-order valence-electron chi connectivity index (χ2n) is 7.65. The molecule has 3 aromatic rings. The van der Waals surface area contributed by atoms with Crippen molar-refractivity contribution in [1.82, 2.24) is 14.9 Å². The number of benzene rings is 2. The standard InChI is InChI=1S/C21H19Cl2N7O4/c22-14-7-12(30(33)34)8-15(23)19(14)27-18(31)10-28-5-6-29(17(9-28)20(24)32)21-13-3-1-2-4-16(13)25-11-26-21/h1-4,7-8,11,17H,5-6,9-10H2,(H2,24,32)(H,27,31). The summed E-state index contributed by atoms with van der Waals surface area (Å²) in [6.45, 7) is 0.993. The van der Waals surface area contributed by atoms with E-state index in [1.807, 2.05) is 29.2 Å². The average Bonchev–Trinajstić information content (AvgIpc) is 2.80. The zero-order valence-corrected chi connectivity index (χ0v) is 19.2. The Kier molecular flexibility index (Phi) is 6.77. The fraction of sp³-hybridized carbons (Fsp3) is 0.238. The number of nitrogens with zero attached hydrogens (tertiary/aromatic N) is 5. The Hall–Kier alpha value is -3.54. The number of hydrogen-bond donors (Lipinski definition) is 2. The number of hydrogen-bond acceptors (Lipinski definition) is 8. The number of carbonyl (C=O) groups excluding carboxylic acids is 2. The van der Waals surface area contributed by atoms with E-state index in [4.69, 9.17) is 28.9 Å². The first-order valence-electron chi connectivity index (χ1n) is 10.2. The smallest absolute Gasteiger partial charge is 0.272 e. The lowest BCUT2D eigenvalue weighted by Crippen LogP contribution is -2.59. The number of nitrogens with one attached hydrogen (secondary N) is 1. The molecular weight excluding hydrogens is 485 g/mol. The summed E-state index contributed by atoms with van der Waals surface area (Å²) in [5, 5.41) is 14.2. The molecule has 0 aliphatic carbocycles. The van der Waals surface area contributed by atoms with Crippen molar-refractivity contribution in [3.05, 3.63) is 62.9 Å². The molecule has 4 rings (SSSR count). The minimum atomic E-state index is -0.716. The van der Waals surface area contributed by atoms with E-state index in [9.17, 15) is 19.7 Å². The molecule has 0 radical (unpaired) electrons. The Bertz CT molecular complexity index is 1260. The number of halogens is 2. The number of primary amides is 1. The van der Waals surface area contributed by atoms with Gasteiger partial charge in [0.25, 0.3) is 5.69 Å². The SMILES string of the molecule is NC(=O)C1CN(CC(=O)Nc2c(Cl)cc([N+](=O)[O-])cc2Cl)CCN1c1ncnc2ccccc12. The number of nitro groups is 1. The highest BCUT2D eigenvalue weighted by atomic mass is 35.5. The molecule has 1 saturated heterocycles. The second-order valence-corrected chi connectivity index (χ2v) is 8.47. The predicted molar refractivity (Wildman–Crippen MR) is 128 cm³/mol. The maximum atomic E-state index is 12.7. The predicted octanol–water partition coefficient (Wildman–Crippen LogP) is 2.46. The van der Waals surface area contributed by atoms with Gasteiger partial charge >= 0.3 is 0 Å². The van der Waals surface area contributed by atoms with Gasteiger partial charge in [-0.05, 0) is 12.1 Å². The number of anilines is 2. The minimum Gasteiger partial charge on any atom is -0.368 e. The van der Waals surface area contributed by atoms with Crippen molar-refractivity contribution in [2.75, 3.05) is 36.4 Å². The molecule has 1 aliphatic heterocycles. The summed E-state index contributed by atoms with van der Waals surface area (Å²) in [5.41, 5.74) is 6.23. The van der Waals surface area contributed by atoms with Crippen LogP contribution in [0.5, 0.6) is 0 Å². The molecule has 0 bridgehead atoms. The maximum absolute atomic E-state index is 12.7. The van der Waals surface area contributed by atoms with E-state index < -0.39 is 22.8 Å². The molecule has 2 amide bonds. The van der Waals surface area contributed by atoms with Crippen molar-refractivity contribution in [3.63, 3.8) is 0 Å². The molecule has 1 atom stereocenters. The number of fused-ring (bicyclic) bond motifs is 1. The highest BCUT2D eigenvalue weighted by Crippen LogP contribution is 2.34. The highest BCUT2D eigenvalue weighted by Gasteiger charge is 2.33. The summed E-state index contributed by atoms with van der Waals surface area (Å²) >= 11 is 12.1. The van der Waals surface area contributed by atoms with E-state index >= 15 is 0 Å². The van der Waals surface area contributed by atoms with Crippen LogP contribution in [0.1, 0.15) is 0 Å². The third kappa shape index (κ3) is 4.86. The van der Waals surface area contributed by atoms with Crippen molar-refractivity contribution < 1.29 is 14.5 Å². The number of nitro benzene ring substituents is 1. The number of non-ortho nitro benzene ring substituents is 1. The molecule has 176 valence electrons. The molecule has 2 heterocycles. The quantitative estimate of drug-likeness (QED) is 0.384. The van der Waals surface area contributed by atoms with Crippen molar-refractivity contribution >= 4 is 63.1 Å². The minimum absolute atomic E-state index is 0.0528. The lowest BCUT2D eigenvalue weighted by Gasteiger charge is -2.40. The van der Waals surface area contributed by atoms with Gasteiger partial charge in [-0.1, -0.05) is 35.3 Å². The summed E-state index contributed by atoms with van der Waals surface area (Å²) in [7, 11) is 0. The third-order valence-corrected chi connectivity index (χ3v) is 6.05. The molecular formula is C21H19Cl2N7O4. The van der Waals surface area contributed by atoms with Crippen LogP contribution in [0.15, 0.2) is 42.7 Å². The van der Waals surface area contributed by atoms with E-state index in [1.54, 1.807) is 4.90 Å². The zero-order valence-electron chi connectivity index (χ0n) is 17.6. The van der Waals surface area contributed by atoms with Gasteiger partial charge in [-0.3, -0.25) is 24.6 Å². The van der Waals surface area contributed by atoms with E-state index in [-0.39, 0.29) is 34.5 Å². The van der Waals surface area contributed by atoms with Crippen molar-refractivity contribution in [3.8, 4) is 0 Å². The number of carbonyl (C=O) groups is 2. The molecule has 1 aromatic heterocycles. The molecule has 1 aliphatic rings. The largest absolute Gasteiger partial charge is 0.368 e. The molecule has 1 unspecified atom stereocenters. The monoisotopic (exact) mass is 503 g/mol. The van der Waals surface area contributed by atoms with E-state index in [0.717, 1.165) is 23.0 Å². The average molecular weight is 504 g/mol. The van der Waals surface area contributed by atoms with Crippen LogP contribution in [0.25, 0.3) is 10.9 Å². The van der Waals surface area contributed by atoms with Gasteiger partial charge in [0.15, 0.2) is 0 Å². The van der Waals surface area contributed by atoms with Gasteiger partial charge in [0.1, 0.15) is 18.2 Å². The highest BCUT2D eigenvalue weighted by molar-refractivity contribution is 6.40. The Morgan fingerprint density at radius 2 is 1.88 bits per heavy atom. The van der Waals surface area contributed by atoms with Crippen LogP contribution < -0.4 is 16.0 Å². The third-order valence-electron chi connectivity index (χ3n) is 5.46. The number of para-hydroxylation sites is 1. The van der Waals surface area contributed by atoms with Crippen LogP contribution in [0, 0.1) is 10.1 Å². The fourth-order valence-electron chi connectivity index (χ4n) is 3.87. The van der Waals surface area contributed by atoms with Gasteiger partial charge in [0, 0.05) is 37.2 Å². The summed E-state index contributed by atoms with van der Waals surface area (Å²) in [6, 6.07) is 8.96. The molecule has 3 N–H and O–H groups in total. The molecule has 0 saturated carbocycles. The van der Waals surface area contributed by atoms with Crippen LogP contribution in [0.3, 0.4) is 0 Å². The number of piperazine rings is 1. The normalized spacial score (nSPS) is 16.4. The summed E-state index contributed by atoms with van der Waals surface area (Å²) in [6.07, 6.45) is 1.44. The van der Waals surface area contributed by atoms with Gasteiger partial charge in [-0.2, -0.15) is 0 Å². The van der Waals surface area contributed by atoms with Crippen LogP contribution in [0.4, 0.5) is 17.2 Å². The fourth-order valence-corrected chi connectivity index (χ4v) is 4.44. The molecule has 0 spiro atoms. The molecule has 1 fully saturated rings. The lowest BCUT2D eigenvalue weighted by molar-refractivity contribution is -0.384. The molecule has 13 heteroatoms. The van der Waals surface area contributed by atoms with E-state index in [0.29, 0.717) is 18.9 Å². The van der Waals surface area contributed by atoms with Crippen molar-refractivity contribution in [2.45, 2.75) is 6.04 Å². The van der Waals surface area contributed by atoms with Gasteiger partial charge in [-0.25, -0.2) is 9.97 Å². The van der Waals surface area contributed by atoms with Crippen LogP contribution in [-0.4, -0.2) is 63.8 Å². The van der Waals surface area contributed by atoms with Crippen LogP contribution in [-0.2, 0) is 9.59 Å². The van der Waals surface area contributed by atoms with Gasteiger partial charge in [0.05, 0.1) is 32.7 Å². The summed E-state index contributed by atoms with van der Waals surface area (Å²) in [4.78, 5) is 47.5. The Labute approximate surface area is 203 Å². The van der Waals surface area contributed by atoms with E-state index in [1.165, 1.54) is 6.33 Å². The number of rotatable bonds is 6. The molecule has 34 heavy (non-hydrogen) atoms. The molecule has 11 nitrogen and oxygen atoms in total. The van der Waals surface area contributed by atoms with Gasteiger partial charge in [-0.15, -0.1) is 0 Å². The lowest BCUT2D eigenvalue weighted by atomic mass is 10.1. The second kappa shape index (κ2) is 9.75. The first kappa shape index (κ1) is 23.6. The number of nitrogens with two attached hydrogens (primary N) is 1. The van der Waals surface area contributed by atoms with Crippen molar-refractivity contribution in [2.24, 2.45) is 5.73 Å². The number of aromatic nitrogens is 2. The first-order chi connectivity index (χ1) is 16.2.